The number of aryl methyl sites for hydroxylation is 2. The Labute approximate surface area is 131 Å². The fourth-order valence-electron chi connectivity index (χ4n) is 2.69. The highest BCUT2D eigenvalue weighted by Crippen LogP contribution is 2.36. The lowest BCUT2D eigenvalue weighted by Crippen LogP contribution is -2.44. The second kappa shape index (κ2) is 5.81. The Morgan fingerprint density at radius 3 is 3.05 bits per heavy atom. The number of anilines is 1. The quantitative estimate of drug-likeness (QED) is 0.937. The average molecular weight is 323 g/mol. The molecule has 3 rings (SSSR count). The lowest BCUT2D eigenvalue weighted by molar-refractivity contribution is -0.137. The molecule has 1 fully saturated rings. The van der Waals surface area contributed by atoms with Crippen molar-refractivity contribution >= 4 is 45.1 Å². The Kier molecular flexibility index (Phi) is 4.03. The first kappa shape index (κ1) is 14.6. The summed E-state index contributed by atoms with van der Waals surface area (Å²) in [6.07, 6.45) is 1.74. The summed E-state index contributed by atoms with van der Waals surface area (Å²) in [5.74, 6) is 1.98. The molecule has 1 aliphatic heterocycles. The first-order valence-corrected chi connectivity index (χ1v) is 8.82. The van der Waals surface area contributed by atoms with E-state index in [1.165, 1.54) is 10.4 Å². The van der Waals surface area contributed by atoms with Crippen LogP contribution < -0.4 is 4.90 Å². The maximum atomic E-state index is 11.1. The summed E-state index contributed by atoms with van der Waals surface area (Å²) >= 11 is 3.49. The van der Waals surface area contributed by atoms with Gasteiger partial charge in [0.2, 0.25) is 0 Å². The van der Waals surface area contributed by atoms with Crippen molar-refractivity contribution in [1.82, 2.24) is 9.97 Å². The summed E-state index contributed by atoms with van der Waals surface area (Å²) in [5, 5.41) is 10.2. The van der Waals surface area contributed by atoms with E-state index in [4.69, 9.17) is 5.11 Å². The lowest BCUT2D eigenvalue weighted by atomic mass is 10.1. The molecule has 0 amide bonds. The third-order valence-corrected chi connectivity index (χ3v) is 6.06. The molecule has 0 aliphatic carbocycles. The van der Waals surface area contributed by atoms with Crippen LogP contribution in [0.1, 0.15) is 16.9 Å². The Morgan fingerprint density at radius 2 is 2.29 bits per heavy atom. The van der Waals surface area contributed by atoms with Gasteiger partial charge in [0.1, 0.15) is 17.0 Å². The van der Waals surface area contributed by atoms with Crippen molar-refractivity contribution in [1.29, 1.82) is 0 Å². The number of aromatic nitrogens is 2. The zero-order chi connectivity index (χ0) is 15.0. The van der Waals surface area contributed by atoms with Crippen LogP contribution in [0.5, 0.6) is 0 Å². The van der Waals surface area contributed by atoms with Gasteiger partial charge in [-0.1, -0.05) is 0 Å². The van der Waals surface area contributed by atoms with E-state index in [1.54, 1.807) is 17.7 Å². The maximum absolute atomic E-state index is 11.1. The van der Waals surface area contributed by atoms with E-state index in [9.17, 15) is 4.79 Å². The monoisotopic (exact) mass is 323 g/mol. The molecular formula is C14H17N3O2S2. The van der Waals surface area contributed by atoms with E-state index in [0.717, 1.165) is 34.1 Å². The smallest absolute Gasteiger partial charge is 0.305 e. The number of carboxylic acids is 1. The maximum Gasteiger partial charge on any atom is 0.305 e. The molecule has 7 heteroatoms. The van der Waals surface area contributed by atoms with Crippen molar-refractivity contribution in [2.75, 3.05) is 23.0 Å². The van der Waals surface area contributed by atoms with Gasteiger partial charge in [0.05, 0.1) is 11.8 Å². The molecule has 0 bridgehead atoms. The van der Waals surface area contributed by atoms with Crippen LogP contribution in [-0.4, -0.2) is 45.1 Å². The van der Waals surface area contributed by atoms with Crippen LogP contribution in [0.4, 0.5) is 5.82 Å². The lowest BCUT2D eigenvalue weighted by Gasteiger charge is -2.35. The third-order valence-electron chi connectivity index (χ3n) is 3.86. The van der Waals surface area contributed by atoms with E-state index in [-0.39, 0.29) is 12.5 Å². The van der Waals surface area contributed by atoms with Crippen LogP contribution >= 0.6 is 23.1 Å². The molecule has 1 saturated heterocycles. The normalized spacial score (nSPS) is 19.1. The van der Waals surface area contributed by atoms with Crippen LogP contribution in [0.3, 0.4) is 0 Å². The molecule has 1 aliphatic rings. The summed E-state index contributed by atoms with van der Waals surface area (Å²) in [4.78, 5) is 24.3. The number of thioether (sulfide) groups is 1. The van der Waals surface area contributed by atoms with Gasteiger partial charge < -0.3 is 10.0 Å². The Morgan fingerprint density at radius 1 is 1.48 bits per heavy atom. The minimum atomic E-state index is -0.754. The van der Waals surface area contributed by atoms with Crippen LogP contribution in [0, 0.1) is 13.8 Å². The number of carboxylic acid groups (broad SMARTS) is 1. The zero-order valence-electron chi connectivity index (χ0n) is 12.0. The fraction of sp³-hybridized carbons (Fsp3) is 0.500. The summed E-state index contributed by atoms with van der Waals surface area (Å²) in [6, 6.07) is -0.000967. The van der Waals surface area contributed by atoms with Gasteiger partial charge in [-0.2, -0.15) is 11.8 Å². The van der Waals surface area contributed by atoms with Gasteiger partial charge in [-0.25, -0.2) is 9.97 Å². The number of hydrogen-bond acceptors (Lipinski definition) is 6. The average Bonchev–Trinajstić information content (AvgIpc) is 2.74. The van der Waals surface area contributed by atoms with E-state index in [2.05, 4.69) is 28.7 Å². The molecular weight excluding hydrogens is 306 g/mol. The van der Waals surface area contributed by atoms with Crippen LogP contribution in [0.2, 0.25) is 0 Å². The zero-order valence-corrected chi connectivity index (χ0v) is 13.6. The molecule has 1 N–H and O–H groups in total. The predicted molar refractivity (Wildman–Crippen MR) is 87.6 cm³/mol. The number of aliphatic carboxylic acids is 1. The van der Waals surface area contributed by atoms with Crippen molar-refractivity contribution < 1.29 is 9.90 Å². The minimum absolute atomic E-state index is 0.000967. The van der Waals surface area contributed by atoms with Crippen molar-refractivity contribution in [3.63, 3.8) is 0 Å². The first-order chi connectivity index (χ1) is 10.1. The molecule has 3 heterocycles. The first-order valence-electron chi connectivity index (χ1n) is 6.85. The molecule has 1 unspecified atom stereocenters. The largest absolute Gasteiger partial charge is 0.481 e. The van der Waals surface area contributed by atoms with Crippen LogP contribution in [0.25, 0.3) is 10.2 Å². The van der Waals surface area contributed by atoms with Crippen molar-refractivity contribution in [3.05, 3.63) is 16.8 Å². The minimum Gasteiger partial charge on any atom is -0.481 e. The summed E-state index contributed by atoms with van der Waals surface area (Å²) in [6.45, 7) is 5.02. The molecule has 2 aromatic rings. The highest BCUT2D eigenvalue weighted by molar-refractivity contribution is 7.99. The van der Waals surface area contributed by atoms with Gasteiger partial charge in [0.15, 0.2) is 0 Å². The molecule has 5 nitrogen and oxygen atoms in total. The molecule has 0 saturated carbocycles. The molecule has 0 aromatic carbocycles. The molecule has 0 radical (unpaired) electrons. The second-order valence-electron chi connectivity index (χ2n) is 5.18. The van der Waals surface area contributed by atoms with E-state index in [1.807, 2.05) is 11.8 Å². The number of thiophene rings is 1. The standard InChI is InChI=1S/C14H17N3O2S2/c1-8-9(2)21-14-12(8)13(15-7-16-14)17-3-4-20-6-10(17)5-11(18)19/h7,10H,3-6H2,1-2H3,(H,18,19). The fourth-order valence-corrected chi connectivity index (χ4v) is 4.74. The van der Waals surface area contributed by atoms with E-state index >= 15 is 0 Å². The summed E-state index contributed by atoms with van der Waals surface area (Å²) < 4.78 is 0. The van der Waals surface area contributed by atoms with Crippen molar-refractivity contribution in [3.8, 4) is 0 Å². The summed E-state index contributed by atoms with van der Waals surface area (Å²) in [7, 11) is 0. The van der Waals surface area contributed by atoms with Gasteiger partial charge >= 0.3 is 5.97 Å². The molecule has 1 atom stereocenters. The van der Waals surface area contributed by atoms with E-state index < -0.39 is 5.97 Å². The Bertz CT molecular complexity index is 686. The second-order valence-corrected chi connectivity index (χ2v) is 7.53. The highest BCUT2D eigenvalue weighted by Gasteiger charge is 2.28. The van der Waals surface area contributed by atoms with Crippen LogP contribution in [0.15, 0.2) is 6.33 Å². The molecule has 112 valence electrons. The van der Waals surface area contributed by atoms with Gasteiger partial charge in [0.25, 0.3) is 0 Å². The van der Waals surface area contributed by atoms with Gasteiger partial charge in [-0.15, -0.1) is 11.3 Å². The topological polar surface area (TPSA) is 66.3 Å². The SMILES string of the molecule is Cc1sc2ncnc(N3CCSCC3CC(=O)O)c2c1C. The highest BCUT2D eigenvalue weighted by atomic mass is 32.2. The van der Waals surface area contributed by atoms with Gasteiger partial charge in [-0.3, -0.25) is 4.79 Å². The number of rotatable bonds is 3. The predicted octanol–water partition coefficient (Wildman–Crippen LogP) is 2.70. The van der Waals surface area contributed by atoms with E-state index in [0.29, 0.717) is 0 Å². The van der Waals surface area contributed by atoms with Gasteiger partial charge in [0, 0.05) is 29.0 Å². The summed E-state index contributed by atoms with van der Waals surface area (Å²) in [5.41, 5.74) is 1.21. The van der Waals surface area contributed by atoms with Crippen LogP contribution in [-0.2, 0) is 4.79 Å². The number of carbonyl (C=O) groups is 1. The Hall–Kier alpha value is -1.34. The molecule has 0 spiro atoms. The third kappa shape index (κ3) is 2.72. The molecule has 21 heavy (non-hydrogen) atoms. The number of hydrogen-bond donors (Lipinski definition) is 1. The molecule has 2 aromatic heterocycles. The number of nitrogens with zero attached hydrogens (tertiary/aromatic N) is 3. The van der Waals surface area contributed by atoms with Crippen molar-refractivity contribution in [2.45, 2.75) is 26.3 Å². The Balaban J connectivity index is 2.07. The van der Waals surface area contributed by atoms with Crippen molar-refractivity contribution in [2.24, 2.45) is 0 Å². The van der Waals surface area contributed by atoms with Gasteiger partial charge in [-0.05, 0) is 19.4 Å². The number of fused-ring (bicyclic) bond motifs is 1.